The zero-order valence-electron chi connectivity index (χ0n) is 12.4. The summed E-state index contributed by atoms with van der Waals surface area (Å²) in [5, 5.41) is 0.134. The second kappa shape index (κ2) is 6.22. The average Bonchev–Trinajstić information content (AvgIpc) is 2.86. The summed E-state index contributed by atoms with van der Waals surface area (Å²) in [4.78, 5) is 25.2. The second-order valence-corrected chi connectivity index (χ2v) is 7.23. The molecule has 1 fully saturated rings. The van der Waals surface area contributed by atoms with Crippen molar-refractivity contribution < 1.29 is 9.59 Å². The van der Waals surface area contributed by atoms with Crippen LogP contribution in [0.5, 0.6) is 0 Å². The Balaban J connectivity index is 1.72. The molecule has 1 aromatic carbocycles. The van der Waals surface area contributed by atoms with Crippen molar-refractivity contribution >= 4 is 28.5 Å². The van der Waals surface area contributed by atoms with Gasteiger partial charge in [-0.1, -0.05) is 17.8 Å². The molecule has 0 radical (unpaired) electrons. The number of fused-ring (bicyclic) bond motifs is 1. The Bertz CT molecular complexity index is 570. The summed E-state index contributed by atoms with van der Waals surface area (Å²) in [7, 11) is 0. The first-order valence-corrected chi connectivity index (χ1v) is 8.67. The number of anilines is 1. The molecule has 4 heteroatoms. The van der Waals surface area contributed by atoms with Crippen molar-refractivity contribution in [2.75, 3.05) is 17.2 Å². The van der Waals surface area contributed by atoms with Gasteiger partial charge in [-0.2, -0.15) is 0 Å². The standard InChI is InChI=1S/C17H21NO2S/c1-12(19)21-11-13-8-17(20)18(10-13)16-7-6-14-4-2-3-5-15(14)9-16/h6-7,9,13H,2-5,8,10-11H2,1H3. The van der Waals surface area contributed by atoms with Crippen molar-refractivity contribution in [3.05, 3.63) is 29.3 Å². The monoisotopic (exact) mass is 303 g/mol. The topological polar surface area (TPSA) is 37.4 Å². The van der Waals surface area contributed by atoms with Crippen LogP contribution < -0.4 is 4.90 Å². The van der Waals surface area contributed by atoms with Gasteiger partial charge in [-0.25, -0.2) is 0 Å². The molecule has 2 aliphatic rings. The lowest BCUT2D eigenvalue weighted by Crippen LogP contribution is -2.25. The molecular formula is C17H21NO2S. The Kier molecular flexibility index (Phi) is 4.34. The zero-order valence-corrected chi connectivity index (χ0v) is 13.2. The van der Waals surface area contributed by atoms with E-state index in [2.05, 4.69) is 18.2 Å². The van der Waals surface area contributed by atoms with E-state index >= 15 is 0 Å². The smallest absolute Gasteiger partial charge is 0.227 e. The van der Waals surface area contributed by atoms with E-state index in [0.29, 0.717) is 12.3 Å². The van der Waals surface area contributed by atoms with Gasteiger partial charge in [0.2, 0.25) is 5.91 Å². The molecule has 1 atom stereocenters. The maximum absolute atomic E-state index is 12.2. The summed E-state index contributed by atoms with van der Waals surface area (Å²) < 4.78 is 0. The lowest BCUT2D eigenvalue weighted by Gasteiger charge is -2.21. The molecule has 21 heavy (non-hydrogen) atoms. The molecule has 1 saturated heterocycles. The van der Waals surface area contributed by atoms with Crippen LogP contribution in [0.15, 0.2) is 18.2 Å². The summed E-state index contributed by atoms with van der Waals surface area (Å²) >= 11 is 1.33. The SMILES string of the molecule is CC(=O)SCC1CC(=O)N(c2ccc3c(c2)CCCC3)C1. The Hall–Kier alpha value is -1.29. The Morgan fingerprint density at radius 3 is 2.81 bits per heavy atom. The van der Waals surface area contributed by atoms with Crippen LogP contribution in [0, 0.1) is 5.92 Å². The number of rotatable bonds is 3. The lowest BCUT2D eigenvalue weighted by atomic mass is 9.91. The second-order valence-electron chi connectivity index (χ2n) is 6.04. The number of carbonyl (C=O) groups is 2. The Labute approximate surface area is 130 Å². The van der Waals surface area contributed by atoms with Crippen molar-refractivity contribution in [2.24, 2.45) is 5.92 Å². The quantitative estimate of drug-likeness (QED) is 0.860. The van der Waals surface area contributed by atoms with Crippen LogP contribution >= 0.6 is 11.8 Å². The number of hydrogen-bond acceptors (Lipinski definition) is 3. The highest BCUT2D eigenvalue weighted by Gasteiger charge is 2.31. The van der Waals surface area contributed by atoms with Gasteiger partial charge in [-0.15, -0.1) is 0 Å². The number of aryl methyl sites for hydroxylation is 2. The number of benzene rings is 1. The van der Waals surface area contributed by atoms with E-state index in [4.69, 9.17) is 0 Å². The Morgan fingerprint density at radius 1 is 1.29 bits per heavy atom. The minimum absolute atomic E-state index is 0.134. The first kappa shape index (κ1) is 14.6. The Morgan fingerprint density at radius 2 is 2.05 bits per heavy atom. The molecule has 1 unspecified atom stereocenters. The third-order valence-electron chi connectivity index (χ3n) is 4.37. The number of thioether (sulfide) groups is 1. The van der Waals surface area contributed by atoms with Gasteiger partial charge in [0.25, 0.3) is 0 Å². The average molecular weight is 303 g/mol. The lowest BCUT2D eigenvalue weighted by molar-refractivity contribution is -0.117. The highest BCUT2D eigenvalue weighted by Crippen LogP contribution is 2.31. The van der Waals surface area contributed by atoms with Crippen LogP contribution in [0.3, 0.4) is 0 Å². The van der Waals surface area contributed by atoms with Gasteiger partial charge in [0.15, 0.2) is 5.12 Å². The fourth-order valence-corrected chi connectivity index (χ4v) is 3.96. The van der Waals surface area contributed by atoms with Crippen LogP contribution in [0.4, 0.5) is 5.69 Å². The van der Waals surface area contributed by atoms with E-state index < -0.39 is 0 Å². The van der Waals surface area contributed by atoms with Gasteiger partial charge in [0.05, 0.1) is 0 Å². The van der Waals surface area contributed by atoms with E-state index in [9.17, 15) is 9.59 Å². The third-order valence-corrected chi connectivity index (χ3v) is 5.42. The molecule has 1 aliphatic carbocycles. The molecule has 3 rings (SSSR count). The zero-order chi connectivity index (χ0) is 14.8. The van der Waals surface area contributed by atoms with Crippen LogP contribution in [0.2, 0.25) is 0 Å². The van der Waals surface area contributed by atoms with E-state index in [0.717, 1.165) is 24.4 Å². The molecule has 1 aliphatic heterocycles. The molecule has 1 aromatic rings. The van der Waals surface area contributed by atoms with Gasteiger partial charge < -0.3 is 4.90 Å². The predicted molar refractivity (Wildman–Crippen MR) is 86.7 cm³/mol. The molecule has 0 N–H and O–H groups in total. The summed E-state index contributed by atoms with van der Waals surface area (Å²) in [6.07, 6.45) is 5.40. The largest absolute Gasteiger partial charge is 0.312 e. The summed E-state index contributed by atoms with van der Waals surface area (Å²) in [5.74, 6) is 1.24. The molecule has 1 heterocycles. The van der Waals surface area contributed by atoms with E-state index in [-0.39, 0.29) is 11.0 Å². The summed E-state index contributed by atoms with van der Waals surface area (Å²) in [6.45, 7) is 2.33. The van der Waals surface area contributed by atoms with Crippen molar-refractivity contribution in [1.29, 1.82) is 0 Å². The normalized spacial score (nSPS) is 21.5. The number of nitrogens with zero attached hydrogens (tertiary/aromatic N) is 1. The van der Waals surface area contributed by atoms with E-state index in [1.165, 1.54) is 42.2 Å². The van der Waals surface area contributed by atoms with Crippen molar-refractivity contribution in [3.8, 4) is 0 Å². The minimum Gasteiger partial charge on any atom is -0.312 e. The first-order chi connectivity index (χ1) is 10.1. The van der Waals surface area contributed by atoms with Crippen LogP contribution in [-0.2, 0) is 22.4 Å². The van der Waals surface area contributed by atoms with E-state index in [1.807, 2.05) is 4.90 Å². The van der Waals surface area contributed by atoms with Crippen molar-refractivity contribution in [1.82, 2.24) is 0 Å². The highest BCUT2D eigenvalue weighted by molar-refractivity contribution is 8.13. The van der Waals surface area contributed by atoms with Crippen molar-refractivity contribution in [2.45, 2.75) is 39.0 Å². The molecule has 112 valence electrons. The maximum Gasteiger partial charge on any atom is 0.227 e. The first-order valence-electron chi connectivity index (χ1n) is 7.69. The number of carbonyl (C=O) groups excluding carboxylic acids is 2. The summed E-state index contributed by atoms with van der Waals surface area (Å²) in [6, 6.07) is 6.48. The fourth-order valence-electron chi connectivity index (χ4n) is 3.27. The maximum atomic E-state index is 12.2. The van der Waals surface area contributed by atoms with Gasteiger partial charge in [-0.3, -0.25) is 9.59 Å². The summed E-state index contributed by atoms with van der Waals surface area (Å²) in [5.41, 5.74) is 3.89. The molecule has 1 amide bonds. The van der Waals surface area contributed by atoms with Crippen LogP contribution in [-0.4, -0.2) is 23.3 Å². The van der Waals surface area contributed by atoms with Crippen LogP contribution in [0.25, 0.3) is 0 Å². The molecule has 0 aromatic heterocycles. The van der Waals surface area contributed by atoms with Crippen LogP contribution in [0.1, 0.15) is 37.3 Å². The fraction of sp³-hybridized carbons (Fsp3) is 0.529. The predicted octanol–water partition coefficient (Wildman–Crippen LogP) is 3.20. The highest BCUT2D eigenvalue weighted by atomic mass is 32.2. The van der Waals surface area contributed by atoms with Gasteiger partial charge in [0.1, 0.15) is 0 Å². The molecular weight excluding hydrogens is 282 g/mol. The molecule has 0 spiro atoms. The van der Waals surface area contributed by atoms with Gasteiger partial charge in [0, 0.05) is 31.3 Å². The molecule has 3 nitrogen and oxygen atoms in total. The number of hydrogen-bond donors (Lipinski definition) is 0. The minimum atomic E-state index is 0.134. The van der Waals surface area contributed by atoms with Crippen molar-refractivity contribution in [3.63, 3.8) is 0 Å². The van der Waals surface area contributed by atoms with Gasteiger partial charge in [-0.05, 0) is 54.9 Å². The van der Waals surface area contributed by atoms with E-state index in [1.54, 1.807) is 6.92 Å². The van der Waals surface area contributed by atoms with Gasteiger partial charge >= 0.3 is 0 Å². The number of amides is 1. The molecule has 0 bridgehead atoms. The molecule has 0 saturated carbocycles. The third kappa shape index (κ3) is 3.31.